The molecule has 1 amide bonds. The molecule has 0 aliphatic rings. The smallest absolute Gasteiger partial charge is 0.326 e. The number of aromatic nitrogens is 2. The van der Waals surface area contributed by atoms with Gasteiger partial charge in [-0.15, -0.1) is 0 Å². The number of nitrogens with one attached hydrogen (secondary N) is 2. The highest BCUT2D eigenvalue weighted by molar-refractivity contribution is 5.94. The fourth-order valence-electron chi connectivity index (χ4n) is 1.00. The van der Waals surface area contributed by atoms with Crippen molar-refractivity contribution in [2.45, 2.75) is 12.5 Å². The largest absolute Gasteiger partial charge is 0.480 e. The van der Waals surface area contributed by atoms with E-state index in [9.17, 15) is 9.59 Å². The van der Waals surface area contributed by atoms with Gasteiger partial charge in [-0.1, -0.05) is 0 Å². The highest BCUT2D eigenvalue weighted by atomic mass is 16.4. The van der Waals surface area contributed by atoms with Crippen molar-refractivity contribution >= 4 is 11.9 Å². The van der Waals surface area contributed by atoms with E-state index in [-0.39, 0.29) is 18.7 Å². The zero-order chi connectivity index (χ0) is 11.3. The lowest BCUT2D eigenvalue weighted by Gasteiger charge is -2.11. The minimum absolute atomic E-state index is 0.0325. The first kappa shape index (κ1) is 11.2. The van der Waals surface area contributed by atoms with Crippen molar-refractivity contribution < 1.29 is 19.8 Å². The second-order valence-electron chi connectivity index (χ2n) is 2.85. The molecule has 1 atom stereocenters. The number of carbonyl (C=O) groups excluding carboxylic acids is 1. The standard InChI is InChI=1S/C8H11N3O4/c12-4-2-6(8(14)15)10-7(13)5-1-3-9-11-5/h1,3,6,12H,2,4H2,(H,9,11)(H,10,13)(H,14,15). The zero-order valence-electron chi connectivity index (χ0n) is 7.80. The van der Waals surface area contributed by atoms with Crippen LogP contribution in [0.5, 0.6) is 0 Å². The fraction of sp³-hybridized carbons (Fsp3) is 0.375. The van der Waals surface area contributed by atoms with Gasteiger partial charge in [-0.25, -0.2) is 4.79 Å². The number of hydrogen-bond acceptors (Lipinski definition) is 4. The lowest BCUT2D eigenvalue weighted by atomic mass is 10.2. The van der Waals surface area contributed by atoms with E-state index in [1.54, 1.807) is 0 Å². The number of amides is 1. The van der Waals surface area contributed by atoms with Crippen molar-refractivity contribution in [2.75, 3.05) is 6.61 Å². The number of carbonyl (C=O) groups is 2. The van der Waals surface area contributed by atoms with E-state index in [1.807, 2.05) is 0 Å². The summed E-state index contributed by atoms with van der Waals surface area (Å²) in [5.74, 6) is -1.75. The molecule has 0 saturated carbocycles. The lowest BCUT2D eigenvalue weighted by molar-refractivity contribution is -0.139. The van der Waals surface area contributed by atoms with Gasteiger partial charge >= 0.3 is 5.97 Å². The summed E-state index contributed by atoms with van der Waals surface area (Å²) < 4.78 is 0. The summed E-state index contributed by atoms with van der Waals surface area (Å²) in [6, 6.07) is 0.332. The molecule has 82 valence electrons. The second kappa shape index (κ2) is 5.11. The van der Waals surface area contributed by atoms with Crippen LogP contribution in [0, 0.1) is 0 Å². The van der Waals surface area contributed by atoms with Crippen molar-refractivity contribution in [1.29, 1.82) is 0 Å². The Morgan fingerprint density at radius 1 is 1.60 bits per heavy atom. The molecule has 0 bridgehead atoms. The van der Waals surface area contributed by atoms with Crippen LogP contribution in [-0.4, -0.2) is 44.9 Å². The quantitative estimate of drug-likeness (QED) is 0.499. The van der Waals surface area contributed by atoms with E-state index in [4.69, 9.17) is 10.2 Å². The number of aromatic amines is 1. The summed E-state index contributed by atoms with van der Waals surface area (Å²) in [7, 11) is 0. The molecule has 0 fully saturated rings. The number of H-pyrrole nitrogens is 1. The van der Waals surface area contributed by atoms with Crippen LogP contribution in [0.4, 0.5) is 0 Å². The Morgan fingerprint density at radius 3 is 2.80 bits per heavy atom. The molecular formula is C8H11N3O4. The topological polar surface area (TPSA) is 115 Å². The highest BCUT2D eigenvalue weighted by Crippen LogP contribution is 1.96. The molecule has 7 heteroatoms. The number of hydrogen-bond donors (Lipinski definition) is 4. The maximum atomic E-state index is 11.4. The minimum Gasteiger partial charge on any atom is -0.480 e. The van der Waals surface area contributed by atoms with Crippen LogP contribution in [0.15, 0.2) is 12.3 Å². The third kappa shape index (κ3) is 3.06. The first-order valence-corrected chi connectivity index (χ1v) is 4.29. The lowest BCUT2D eigenvalue weighted by Crippen LogP contribution is -2.41. The van der Waals surface area contributed by atoms with Crippen molar-refractivity contribution in [3.8, 4) is 0 Å². The zero-order valence-corrected chi connectivity index (χ0v) is 7.80. The molecule has 1 heterocycles. The molecule has 0 radical (unpaired) electrons. The number of aliphatic hydroxyl groups is 1. The summed E-state index contributed by atoms with van der Waals surface area (Å²) in [5, 5.41) is 25.5. The second-order valence-corrected chi connectivity index (χ2v) is 2.85. The molecule has 0 aliphatic carbocycles. The number of carboxylic acid groups (broad SMARTS) is 1. The Hall–Kier alpha value is -1.89. The summed E-state index contributed by atoms with van der Waals surface area (Å²) in [5.41, 5.74) is 0.180. The predicted octanol–water partition coefficient (Wildman–Crippen LogP) is -1.02. The summed E-state index contributed by atoms with van der Waals surface area (Å²) in [6.07, 6.45) is 1.35. The van der Waals surface area contributed by atoms with Crippen LogP contribution in [0.2, 0.25) is 0 Å². The molecule has 0 spiro atoms. The molecule has 0 saturated heterocycles. The van der Waals surface area contributed by atoms with E-state index in [0.717, 1.165) is 0 Å². The van der Waals surface area contributed by atoms with Crippen molar-refractivity contribution in [2.24, 2.45) is 0 Å². The van der Waals surface area contributed by atoms with Gasteiger partial charge in [0.2, 0.25) is 0 Å². The monoisotopic (exact) mass is 213 g/mol. The first-order chi connectivity index (χ1) is 7.15. The molecule has 15 heavy (non-hydrogen) atoms. The fourth-order valence-corrected chi connectivity index (χ4v) is 1.00. The summed E-state index contributed by atoms with van der Waals surface area (Å²) in [4.78, 5) is 22.0. The highest BCUT2D eigenvalue weighted by Gasteiger charge is 2.20. The molecular weight excluding hydrogens is 202 g/mol. The third-order valence-electron chi connectivity index (χ3n) is 1.77. The molecule has 1 unspecified atom stereocenters. The predicted molar refractivity (Wildman–Crippen MR) is 49.2 cm³/mol. The maximum absolute atomic E-state index is 11.4. The van der Waals surface area contributed by atoms with Gasteiger partial charge in [0, 0.05) is 19.2 Å². The van der Waals surface area contributed by atoms with Gasteiger partial charge in [0.25, 0.3) is 5.91 Å². The summed E-state index contributed by atoms with van der Waals surface area (Å²) >= 11 is 0. The van der Waals surface area contributed by atoms with Crippen LogP contribution in [0.1, 0.15) is 16.9 Å². The van der Waals surface area contributed by atoms with E-state index in [2.05, 4.69) is 15.5 Å². The number of nitrogens with zero attached hydrogens (tertiary/aromatic N) is 1. The van der Waals surface area contributed by atoms with E-state index >= 15 is 0 Å². The van der Waals surface area contributed by atoms with Gasteiger partial charge in [0.1, 0.15) is 11.7 Å². The molecule has 1 rings (SSSR count). The first-order valence-electron chi connectivity index (χ1n) is 4.29. The van der Waals surface area contributed by atoms with Crippen LogP contribution in [0.25, 0.3) is 0 Å². The van der Waals surface area contributed by atoms with Crippen LogP contribution in [0.3, 0.4) is 0 Å². The van der Waals surface area contributed by atoms with Crippen LogP contribution >= 0.6 is 0 Å². The average molecular weight is 213 g/mol. The number of carboxylic acids is 1. The van der Waals surface area contributed by atoms with Gasteiger partial charge in [0.15, 0.2) is 0 Å². The normalized spacial score (nSPS) is 12.1. The summed E-state index contributed by atoms with van der Waals surface area (Å²) in [6.45, 7) is -0.305. The van der Waals surface area contributed by atoms with Gasteiger partial charge in [-0.05, 0) is 6.07 Å². The van der Waals surface area contributed by atoms with E-state index in [0.29, 0.717) is 0 Å². The van der Waals surface area contributed by atoms with Gasteiger partial charge in [-0.3, -0.25) is 9.89 Å². The molecule has 4 N–H and O–H groups in total. The van der Waals surface area contributed by atoms with Crippen LogP contribution < -0.4 is 5.32 Å². The van der Waals surface area contributed by atoms with E-state index < -0.39 is 17.9 Å². The van der Waals surface area contributed by atoms with E-state index in [1.165, 1.54) is 12.3 Å². The molecule has 0 aromatic carbocycles. The molecule has 7 nitrogen and oxygen atoms in total. The van der Waals surface area contributed by atoms with Crippen molar-refractivity contribution in [1.82, 2.24) is 15.5 Å². The number of aliphatic carboxylic acids is 1. The Labute approximate surface area is 85.1 Å². The average Bonchev–Trinajstić information content (AvgIpc) is 2.69. The Morgan fingerprint density at radius 2 is 2.33 bits per heavy atom. The molecule has 0 aliphatic heterocycles. The van der Waals surface area contributed by atoms with Crippen molar-refractivity contribution in [3.05, 3.63) is 18.0 Å². The van der Waals surface area contributed by atoms with Crippen LogP contribution in [-0.2, 0) is 4.79 Å². The van der Waals surface area contributed by atoms with Gasteiger partial charge < -0.3 is 15.5 Å². The SMILES string of the molecule is O=C(NC(CCO)C(=O)O)c1ccn[nH]1. The van der Waals surface area contributed by atoms with Gasteiger partial charge in [-0.2, -0.15) is 5.10 Å². The number of aliphatic hydroxyl groups excluding tert-OH is 1. The number of rotatable bonds is 5. The van der Waals surface area contributed by atoms with Gasteiger partial charge in [0.05, 0.1) is 0 Å². The minimum atomic E-state index is -1.18. The Balaban J connectivity index is 2.59. The molecule has 1 aromatic rings. The Bertz CT molecular complexity index is 336. The molecule has 1 aromatic heterocycles. The third-order valence-corrected chi connectivity index (χ3v) is 1.77. The Kier molecular flexibility index (Phi) is 3.81. The maximum Gasteiger partial charge on any atom is 0.326 e. The van der Waals surface area contributed by atoms with Crippen molar-refractivity contribution in [3.63, 3.8) is 0 Å².